The van der Waals surface area contributed by atoms with Crippen LogP contribution in [0.25, 0.3) is 0 Å². The van der Waals surface area contributed by atoms with Gasteiger partial charge in [-0.25, -0.2) is 0 Å². The lowest BCUT2D eigenvalue weighted by atomic mass is 10.0. The highest BCUT2D eigenvalue weighted by atomic mass is 16.2. The maximum Gasteiger partial charge on any atom is 0.234 e. The third-order valence-corrected chi connectivity index (χ3v) is 3.77. The third-order valence-electron chi connectivity index (χ3n) is 3.77. The molecule has 106 valence electrons. The van der Waals surface area contributed by atoms with Crippen LogP contribution in [0.15, 0.2) is 0 Å². The number of amides is 1. The fraction of sp³-hybridized carbons (Fsp3) is 0.714. The van der Waals surface area contributed by atoms with Crippen LogP contribution in [0.1, 0.15) is 49.2 Å². The van der Waals surface area contributed by atoms with Gasteiger partial charge in [-0.2, -0.15) is 5.10 Å². The molecule has 2 N–H and O–H groups in total. The molecule has 5 heteroatoms. The molecule has 1 aliphatic carbocycles. The lowest BCUT2D eigenvalue weighted by molar-refractivity contribution is -0.120. The lowest BCUT2D eigenvalue weighted by Crippen LogP contribution is -2.36. The van der Waals surface area contributed by atoms with Crippen molar-refractivity contribution in [2.75, 3.05) is 6.54 Å². The summed E-state index contributed by atoms with van der Waals surface area (Å²) >= 11 is 0. The maximum atomic E-state index is 11.7. The second kappa shape index (κ2) is 5.74. The summed E-state index contributed by atoms with van der Waals surface area (Å²) < 4.78 is 1.90. The minimum atomic E-state index is 0.0974. The van der Waals surface area contributed by atoms with Crippen LogP contribution in [0.2, 0.25) is 0 Å². The molecule has 0 saturated heterocycles. The van der Waals surface area contributed by atoms with Gasteiger partial charge in [0.05, 0.1) is 12.2 Å². The van der Waals surface area contributed by atoms with E-state index in [9.17, 15) is 4.79 Å². The normalized spacial score (nSPS) is 16.4. The van der Waals surface area contributed by atoms with Gasteiger partial charge in [0, 0.05) is 30.4 Å². The molecule has 2 rings (SSSR count). The molecule has 19 heavy (non-hydrogen) atoms. The minimum Gasteiger partial charge on any atom is -0.352 e. The predicted octanol–water partition coefficient (Wildman–Crippen LogP) is 1.36. The van der Waals surface area contributed by atoms with E-state index in [0.29, 0.717) is 12.6 Å². The van der Waals surface area contributed by atoms with E-state index in [1.54, 1.807) is 0 Å². The largest absolute Gasteiger partial charge is 0.352 e. The Labute approximate surface area is 114 Å². The standard InChI is InChI=1S/C14H24N4O/c1-5-12(14-9(2)17-18(4)10(14)3)15-8-13(19)16-11-6-7-11/h11-12,15H,5-8H2,1-4H3,(H,16,19). The molecular weight excluding hydrogens is 240 g/mol. The Bertz CT molecular complexity index is 462. The first-order valence-electron chi connectivity index (χ1n) is 7.05. The van der Waals surface area contributed by atoms with E-state index in [1.165, 1.54) is 11.3 Å². The number of carbonyl (C=O) groups excluding carboxylic acids is 1. The van der Waals surface area contributed by atoms with E-state index >= 15 is 0 Å². The number of hydrogen-bond donors (Lipinski definition) is 2. The Hall–Kier alpha value is -1.36. The number of nitrogens with zero attached hydrogens (tertiary/aromatic N) is 2. The molecule has 0 spiro atoms. The fourth-order valence-corrected chi connectivity index (χ4v) is 2.47. The summed E-state index contributed by atoms with van der Waals surface area (Å²) in [6.45, 7) is 6.60. The van der Waals surface area contributed by atoms with Crippen molar-refractivity contribution >= 4 is 5.91 Å². The first-order chi connectivity index (χ1) is 9.02. The predicted molar refractivity (Wildman–Crippen MR) is 74.9 cm³/mol. The Morgan fingerprint density at radius 3 is 2.63 bits per heavy atom. The molecule has 1 aromatic heterocycles. The number of rotatable bonds is 6. The molecule has 0 radical (unpaired) electrons. The van der Waals surface area contributed by atoms with Crippen molar-refractivity contribution < 1.29 is 4.79 Å². The zero-order valence-corrected chi connectivity index (χ0v) is 12.3. The summed E-state index contributed by atoms with van der Waals surface area (Å²) in [5, 5.41) is 10.8. The SMILES string of the molecule is CCC(NCC(=O)NC1CC1)c1c(C)nn(C)c1C. The molecule has 1 unspecified atom stereocenters. The van der Waals surface area contributed by atoms with E-state index in [1.807, 2.05) is 18.7 Å². The van der Waals surface area contributed by atoms with E-state index in [0.717, 1.165) is 25.0 Å². The average molecular weight is 264 g/mol. The fourth-order valence-electron chi connectivity index (χ4n) is 2.47. The molecule has 1 aromatic rings. The quantitative estimate of drug-likeness (QED) is 0.815. The third kappa shape index (κ3) is 3.35. The van der Waals surface area contributed by atoms with Crippen molar-refractivity contribution in [2.24, 2.45) is 7.05 Å². The first kappa shape index (κ1) is 14.1. The van der Waals surface area contributed by atoms with Gasteiger partial charge in [-0.1, -0.05) is 6.92 Å². The van der Waals surface area contributed by atoms with Gasteiger partial charge in [0.15, 0.2) is 0 Å². The zero-order valence-electron chi connectivity index (χ0n) is 12.3. The van der Waals surface area contributed by atoms with Crippen molar-refractivity contribution in [3.63, 3.8) is 0 Å². The van der Waals surface area contributed by atoms with Crippen LogP contribution in [0.5, 0.6) is 0 Å². The maximum absolute atomic E-state index is 11.7. The minimum absolute atomic E-state index is 0.0974. The van der Waals surface area contributed by atoms with Gasteiger partial charge in [0.25, 0.3) is 0 Å². The second-order valence-corrected chi connectivity index (χ2v) is 5.39. The molecule has 1 amide bonds. The van der Waals surface area contributed by atoms with Gasteiger partial charge in [0.1, 0.15) is 0 Å². The van der Waals surface area contributed by atoms with Crippen molar-refractivity contribution in [3.05, 3.63) is 17.0 Å². The van der Waals surface area contributed by atoms with Gasteiger partial charge >= 0.3 is 0 Å². The summed E-state index contributed by atoms with van der Waals surface area (Å²) in [5.74, 6) is 0.0974. The molecule has 1 aliphatic rings. The summed E-state index contributed by atoms with van der Waals surface area (Å²) in [7, 11) is 1.96. The monoisotopic (exact) mass is 264 g/mol. The number of aryl methyl sites for hydroxylation is 2. The molecule has 0 aromatic carbocycles. The number of nitrogens with one attached hydrogen (secondary N) is 2. The number of carbonyl (C=O) groups is 1. The molecule has 1 atom stereocenters. The van der Waals surface area contributed by atoms with Crippen molar-refractivity contribution in [1.82, 2.24) is 20.4 Å². The second-order valence-electron chi connectivity index (χ2n) is 5.39. The molecular formula is C14H24N4O. The van der Waals surface area contributed by atoms with Crippen LogP contribution in [-0.4, -0.2) is 28.3 Å². The van der Waals surface area contributed by atoms with E-state index in [-0.39, 0.29) is 11.9 Å². The highest BCUT2D eigenvalue weighted by Gasteiger charge is 2.24. The first-order valence-corrected chi connectivity index (χ1v) is 7.05. The lowest BCUT2D eigenvalue weighted by Gasteiger charge is -2.17. The van der Waals surface area contributed by atoms with Crippen LogP contribution in [0.3, 0.4) is 0 Å². The number of hydrogen-bond acceptors (Lipinski definition) is 3. The van der Waals surface area contributed by atoms with Crippen molar-refractivity contribution in [2.45, 2.75) is 52.1 Å². The van der Waals surface area contributed by atoms with Gasteiger partial charge in [-0.3, -0.25) is 9.48 Å². The Balaban J connectivity index is 1.96. The van der Waals surface area contributed by atoms with E-state index in [4.69, 9.17) is 0 Å². The Morgan fingerprint density at radius 1 is 1.47 bits per heavy atom. The highest BCUT2D eigenvalue weighted by Crippen LogP contribution is 2.23. The van der Waals surface area contributed by atoms with Gasteiger partial charge in [0.2, 0.25) is 5.91 Å². The van der Waals surface area contributed by atoms with E-state index in [2.05, 4.69) is 29.6 Å². The molecule has 5 nitrogen and oxygen atoms in total. The Morgan fingerprint density at radius 2 is 2.16 bits per heavy atom. The highest BCUT2D eigenvalue weighted by molar-refractivity contribution is 5.78. The topological polar surface area (TPSA) is 59.0 Å². The van der Waals surface area contributed by atoms with Crippen molar-refractivity contribution in [1.29, 1.82) is 0 Å². The van der Waals surface area contributed by atoms with Crippen LogP contribution < -0.4 is 10.6 Å². The van der Waals surface area contributed by atoms with Crippen LogP contribution in [0.4, 0.5) is 0 Å². The molecule has 1 heterocycles. The molecule has 1 fully saturated rings. The summed E-state index contributed by atoms with van der Waals surface area (Å²) in [4.78, 5) is 11.7. The van der Waals surface area contributed by atoms with Gasteiger partial charge < -0.3 is 10.6 Å². The van der Waals surface area contributed by atoms with Crippen LogP contribution in [0, 0.1) is 13.8 Å². The molecule has 0 aliphatic heterocycles. The molecule has 0 bridgehead atoms. The zero-order chi connectivity index (χ0) is 14.0. The Kier molecular flexibility index (Phi) is 4.24. The summed E-state index contributed by atoms with van der Waals surface area (Å²) in [5.41, 5.74) is 3.44. The van der Waals surface area contributed by atoms with Gasteiger partial charge in [-0.15, -0.1) is 0 Å². The number of aromatic nitrogens is 2. The van der Waals surface area contributed by atoms with Gasteiger partial charge in [-0.05, 0) is 33.1 Å². The van der Waals surface area contributed by atoms with Crippen molar-refractivity contribution in [3.8, 4) is 0 Å². The van der Waals surface area contributed by atoms with Crippen LogP contribution >= 0.6 is 0 Å². The smallest absolute Gasteiger partial charge is 0.234 e. The van der Waals surface area contributed by atoms with E-state index < -0.39 is 0 Å². The summed E-state index contributed by atoms with van der Waals surface area (Å²) in [6.07, 6.45) is 3.21. The average Bonchev–Trinajstić information content (AvgIpc) is 3.12. The summed E-state index contributed by atoms with van der Waals surface area (Å²) in [6, 6.07) is 0.620. The molecule has 1 saturated carbocycles. The van der Waals surface area contributed by atoms with Crippen LogP contribution in [-0.2, 0) is 11.8 Å².